The predicted octanol–water partition coefficient (Wildman–Crippen LogP) is 1.59. The lowest BCUT2D eigenvalue weighted by atomic mass is 10.0. The number of aryl methyl sites for hydroxylation is 1. The van der Waals surface area contributed by atoms with E-state index in [1.165, 1.54) is 0 Å². The Labute approximate surface area is 88.4 Å². The van der Waals surface area contributed by atoms with Gasteiger partial charge in [-0.1, -0.05) is 6.92 Å². The predicted molar refractivity (Wildman–Crippen MR) is 53.9 cm³/mol. The van der Waals surface area contributed by atoms with Gasteiger partial charge in [0.15, 0.2) is 5.69 Å². The van der Waals surface area contributed by atoms with Gasteiger partial charge in [-0.15, -0.1) is 12.4 Å². The molecule has 1 N–H and O–H groups in total. The van der Waals surface area contributed by atoms with Crippen molar-refractivity contribution < 1.29 is 9.90 Å². The van der Waals surface area contributed by atoms with Crippen LogP contribution in [0.2, 0.25) is 0 Å². The van der Waals surface area contributed by atoms with E-state index >= 15 is 0 Å². The van der Waals surface area contributed by atoms with Gasteiger partial charge < -0.3 is 9.67 Å². The maximum absolute atomic E-state index is 10.6. The normalized spacial score (nSPS) is 19.6. The molecule has 5 heteroatoms. The molecule has 1 atom stereocenters. The molecule has 14 heavy (non-hydrogen) atoms. The summed E-state index contributed by atoms with van der Waals surface area (Å²) in [5.74, 6) is 0.599. The molecule has 1 aliphatic rings. The van der Waals surface area contributed by atoms with E-state index in [1.54, 1.807) is 6.20 Å². The molecule has 1 aromatic rings. The molecule has 0 amide bonds. The average Bonchev–Trinajstić information content (AvgIpc) is 2.46. The molecule has 0 fully saturated rings. The summed E-state index contributed by atoms with van der Waals surface area (Å²) in [5.41, 5.74) is 0.170. The van der Waals surface area contributed by atoms with Crippen LogP contribution in [0, 0.1) is 5.92 Å². The molecule has 1 aromatic heterocycles. The van der Waals surface area contributed by atoms with Gasteiger partial charge in [-0.05, 0) is 12.3 Å². The van der Waals surface area contributed by atoms with Crippen molar-refractivity contribution in [2.24, 2.45) is 5.92 Å². The van der Waals surface area contributed by atoms with Crippen molar-refractivity contribution in [3.05, 3.63) is 17.7 Å². The summed E-state index contributed by atoms with van der Waals surface area (Å²) in [6.45, 7) is 3.06. The van der Waals surface area contributed by atoms with E-state index in [4.69, 9.17) is 5.11 Å². The fourth-order valence-corrected chi connectivity index (χ4v) is 1.69. The van der Waals surface area contributed by atoms with Crippen LogP contribution in [0.5, 0.6) is 0 Å². The highest BCUT2D eigenvalue weighted by molar-refractivity contribution is 5.85. The maximum Gasteiger partial charge on any atom is 0.356 e. The van der Waals surface area contributed by atoms with Gasteiger partial charge >= 0.3 is 5.97 Å². The van der Waals surface area contributed by atoms with Crippen LogP contribution in [0.1, 0.15) is 29.7 Å². The minimum atomic E-state index is -0.936. The van der Waals surface area contributed by atoms with Crippen molar-refractivity contribution in [1.29, 1.82) is 0 Å². The second-order valence-corrected chi connectivity index (χ2v) is 3.64. The Bertz CT molecular complexity index is 349. The van der Waals surface area contributed by atoms with Gasteiger partial charge in [-0.25, -0.2) is 9.78 Å². The highest BCUT2D eigenvalue weighted by atomic mass is 35.5. The minimum Gasteiger partial charge on any atom is -0.476 e. The van der Waals surface area contributed by atoms with Crippen molar-refractivity contribution in [1.82, 2.24) is 9.55 Å². The molecule has 0 bridgehead atoms. The van der Waals surface area contributed by atoms with Gasteiger partial charge in [0.2, 0.25) is 0 Å². The summed E-state index contributed by atoms with van der Waals surface area (Å²) in [7, 11) is 0. The topological polar surface area (TPSA) is 55.1 Å². The SMILES string of the molecule is CC1CCn2cc(C(=O)O)nc2C1.Cl. The Morgan fingerprint density at radius 1 is 1.71 bits per heavy atom. The molecule has 0 saturated carbocycles. The molecular weight excluding hydrogens is 204 g/mol. The average molecular weight is 217 g/mol. The summed E-state index contributed by atoms with van der Waals surface area (Å²) in [4.78, 5) is 14.7. The van der Waals surface area contributed by atoms with Gasteiger partial charge in [0.05, 0.1) is 0 Å². The number of halogens is 1. The molecule has 0 spiro atoms. The van der Waals surface area contributed by atoms with Crippen molar-refractivity contribution in [3.63, 3.8) is 0 Å². The Morgan fingerprint density at radius 2 is 2.43 bits per heavy atom. The second kappa shape index (κ2) is 4.00. The fourth-order valence-electron chi connectivity index (χ4n) is 1.69. The van der Waals surface area contributed by atoms with E-state index < -0.39 is 5.97 Å². The lowest BCUT2D eigenvalue weighted by Gasteiger charge is -2.18. The van der Waals surface area contributed by atoms with Crippen LogP contribution in [0.4, 0.5) is 0 Å². The molecule has 0 aliphatic carbocycles. The van der Waals surface area contributed by atoms with Crippen molar-refractivity contribution in [2.45, 2.75) is 26.3 Å². The summed E-state index contributed by atoms with van der Waals surface area (Å²) in [6, 6.07) is 0. The number of aromatic carboxylic acids is 1. The third-order valence-electron chi connectivity index (χ3n) is 2.47. The zero-order valence-electron chi connectivity index (χ0n) is 7.93. The minimum absolute atomic E-state index is 0. The zero-order chi connectivity index (χ0) is 9.42. The first-order valence-corrected chi connectivity index (χ1v) is 4.46. The number of hydrogen-bond donors (Lipinski definition) is 1. The van der Waals surface area contributed by atoms with Gasteiger partial charge in [-0.2, -0.15) is 0 Å². The first kappa shape index (κ1) is 11.0. The van der Waals surface area contributed by atoms with E-state index in [0.717, 1.165) is 25.2 Å². The second-order valence-electron chi connectivity index (χ2n) is 3.64. The lowest BCUT2D eigenvalue weighted by molar-refractivity contribution is 0.0691. The van der Waals surface area contributed by atoms with Gasteiger partial charge in [-0.3, -0.25) is 0 Å². The summed E-state index contributed by atoms with van der Waals surface area (Å²) in [6.07, 6.45) is 3.64. The Kier molecular flexibility index (Phi) is 3.16. The molecule has 1 unspecified atom stereocenters. The van der Waals surface area contributed by atoms with E-state index in [9.17, 15) is 4.79 Å². The summed E-state index contributed by atoms with van der Waals surface area (Å²) >= 11 is 0. The summed E-state index contributed by atoms with van der Waals surface area (Å²) in [5, 5.41) is 8.72. The monoisotopic (exact) mass is 216 g/mol. The first-order valence-electron chi connectivity index (χ1n) is 4.46. The van der Waals surface area contributed by atoms with E-state index in [-0.39, 0.29) is 18.1 Å². The number of nitrogens with zero attached hydrogens (tertiary/aromatic N) is 2. The molecular formula is C9H13ClN2O2. The number of rotatable bonds is 1. The van der Waals surface area contributed by atoms with Gasteiger partial charge in [0.25, 0.3) is 0 Å². The molecule has 0 aromatic carbocycles. The number of aromatic nitrogens is 2. The third kappa shape index (κ3) is 1.90. The largest absolute Gasteiger partial charge is 0.476 e. The molecule has 4 nitrogen and oxygen atoms in total. The van der Waals surface area contributed by atoms with Crippen LogP contribution in [0.15, 0.2) is 6.20 Å². The molecule has 78 valence electrons. The van der Waals surface area contributed by atoms with Gasteiger partial charge in [0.1, 0.15) is 5.82 Å². The molecule has 0 saturated heterocycles. The highest BCUT2D eigenvalue weighted by Gasteiger charge is 2.19. The molecule has 0 radical (unpaired) electrons. The van der Waals surface area contributed by atoms with Crippen molar-refractivity contribution in [3.8, 4) is 0 Å². The van der Waals surface area contributed by atoms with Crippen LogP contribution < -0.4 is 0 Å². The van der Waals surface area contributed by atoms with E-state index in [2.05, 4.69) is 11.9 Å². The Hall–Kier alpha value is -1.03. The number of carboxylic acids is 1. The van der Waals surface area contributed by atoms with E-state index in [1.807, 2.05) is 4.57 Å². The smallest absolute Gasteiger partial charge is 0.356 e. The number of carbonyl (C=O) groups is 1. The Morgan fingerprint density at radius 3 is 3.07 bits per heavy atom. The van der Waals surface area contributed by atoms with Gasteiger partial charge in [0, 0.05) is 19.2 Å². The van der Waals surface area contributed by atoms with E-state index in [0.29, 0.717) is 5.92 Å². The number of imidazole rings is 1. The van der Waals surface area contributed by atoms with Crippen molar-refractivity contribution in [2.75, 3.05) is 0 Å². The lowest BCUT2D eigenvalue weighted by Crippen LogP contribution is -2.16. The summed E-state index contributed by atoms with van der Waals surface area (Å²) < 4.78 is 1.95. The zero-order valence-corrected chi connectivity index (χ0v) is 8.75. The first-order chi connectivity index (χ1) is 6.16. The molecule has 2 heterocycles. The van der Waals surface area contributed by atoms with Crippen LogP contribution in [-0.2, 0) is 13.0 Å². The number of fused-ring (bicyclic) bond motifs is 1. The fraction of sp³-hybridized carbons (Fsp3) is 0.556. The Balaban J connectivity index is 0.000000980. The molecule has 1 aliphatic heterocycles. The quantitative estimate of drug-likeness (QED) is 0.776. The maximum atomic E-state index is 10.6. The van der Waals surface area contributed by atoms with Crippen LogP contribution in [0.3, 0.4) is 0 Å². The van der Waals surface area contributed by atoms with Crippen molar-refractivity contribution >= 4 is 18.4 Å². The van der Waals surface area contributed by atoms with Crippen LogP contribution >= 0.6 is 12.4 Å². The number of carboxylic acid groups (broad SMARTS) is 1. The third-order valence-corrected chi connectivity index (χ3v) is 2.47. The van der Waals surface area contributed by atoms with Crippen LogP contribution in [-0.4, -0.2) is 20.6 Å². The highest BCUT2D eigenvalue weighted by Crippen LogP contribution is 2.19. The standard InChI is InChI=1S/C9H12N2O2.ClH/c1-6-2-3-11-5-7(9(12)13)10-8(11)4-6;/h5-6H,2-4H2,1H3,(H,12,13);1H. The van der Waals surface area contributed by atoms with Crippen LogP contribution in [0.25, 0.3) is 0 Å². The molecule has 2 rings (SSSR count). The number of hydrogen-bond acceptors (Lipinski definition) is 2.